The lowest BCUT2D eigenvalue weighted by Crippen LogP contribution is -2.48. The number of hydrogen-bond acceptors (Lipinski definition) is 5. The minimum atomic E-state index is 0.155. The number of rotatable bonds is 6. The van der Waals surface area contributed by atoms with Crippen LogP contribution in [0.25, 0.3) is 0 Å². The molecule has 1 fully saturated rings. The number of amides is 1. The molecule has 1 amide bonds. The van der Waals surface area contributed by atoms with Crippen molar-refractivity contribution in [1.82, 2.24) is 15.0 Å². The molecule has 6 nitrogen and oxygen atoms in total. The highest BCUT2D eigenvalue weighted by Crippen LogP contribution is 2.11. The van der Waals surface area contributed by atoms with E-state index in [2.05, 4.69) is 10.1 Å². The third-order valence-corrected chi connectivity index (χ3v) is 4.12. The first-order chi connectivity index (χ1) is 11.7. The lowest BCUT2D eigenvalue weighted by Gasteiger charge is -2.34. The molecule has 0 N–H and O–H groups in total. The predicted octanol–water partition coefficient (Wildman–Crippen LogP) is 2.10. The van der Waals surface area contributed by atoms with Gasteiger partial charge in [0.25, 0.3) is 0 Å². The van der Waals surface area contributed by atoms with Crippen molar-refractivity contribution in [2.24, 2.45) is 0 Å². The van der Waals surface area contributed by atoms with E-state index in [1.54, 1.807) is 0 Å². The van der Waals surface area contributed by atoms with Gasteiger partial charge in [0.15, 0.2) is 0 Å². The highest BCUT2D eigenvalue weighted by molar-refractivity contribution is 5.76. The zero-order chi connectivity index (χ0) is 16.8. The van der Waals surface area contributed by atoms with E-state index in [0.29, 0.717) is 13.0 Å². The lowest BCUT2D eigenvalue weighted by atomic mass is 10.2. The Hall–Kier alpha value is -2.34. The molecule has 0 atom stereocenters. The van der Waals surface area contributed by atoms with Crippen LogP contribution < -0.4 is 4.74 Å². The highest BCUT2D eigenvalue weighted by Gasteiger charge is 2.21. The van der Waals surface area contributed by atoms with Crippen LogP contribution in [0.3, 0.4) is 0 Å². The summed E-state index contributed by atoms with van der Waals surface area (Å²) in [4.78, 5) is 16.5. The number of benzene rings is 1. The van der Waals surface area contributed by atoms with Gasteiger partial charge < -0.3 is 14.2 Å². The van der Waals surface area contributed by atoms with Gasteiger partial charge in [0, 0.05) is 38.8 Å². The van der Waals surface area contributed by atoms with E-state index in [9.17, 15) is 4.79 Å². The molecule has 1 aromatic carbocycles. The summed E-state index contributed by atoms with van der Waals surface area (Å²) in [5, 5.41) is 4.02. The van der Waals surface area contributed by atoms with Crippen LogP contribution in [0.4, 0.5) is 0 Å². The number of hydrogen-bond donors (Lipinski definition) is 0. The Morgan fingerprint density at radius 1 is 1.21 bits per heavy atom. The normalized spacial score (nSPS) is 15.5. The Morgan fingerprint density at radius 2 is 1.96 bits per heavy atom. The summed E-state index contributed by atoms with van der Waals surface area (Å²) in [5.41, 5.74) is 0.948. The van der Waals surface area contributed by atoms with Crippen LogP contribution in [-0.2, 0) is 11.3 Å². The first kappa shape index (κ1) is 16.5. The number of aryl methyl sites for hydroxylation is 1. The van der Waals surface area contributed by atoms with Crippen LogP contribution in [0.15, 0.2) is 40.9 Å². The number of piperazine rings is 1. The Kier molecular flexibility index (Phi) is 5.48. The SMILES string of the molecule is Cc1cc(CN2CCN(C(=O)CCOc3ccccc3)CC2)no1. The van der Waals surface area contributed by atoms with Crippen molar-refractivity contribution in [3.8, 4) is 5.75 Å². The molecule has 0 spiro atoms. The van der Waals surface area contributed by atoms with Crippen molar-refractivity contribution in [2.75, 3.05) is 32.8 Å². The standard InChI is InChI=1S/C18H23N3O3/c1-15-13-16(19-24-15)14-20-8-10-21(11-9-20)18(22)7-12-23-17-5-3-2-4-6-17/h2-6,13H,7-12,14H2,1H3. The third kappa shape index (κ3) is 4.58. The summed E-state index contributed by atoms with van der Waals surface area (Å²) in [5.74, 6) is 1.79. The fourth-order valence-electron chi connectivity index (χ4n) is 2.81. The number of aromatic nitrogens is 1. The topological polar surface area (TPSA) is 58.8 Å². The molecule has 6 heteroatoms. The maximum absolute atomic E-state index is 12.3. The molecular weight excluding hydrogens is 306 g/mol. The smallest absolute Gasteiger partial charge is 0.226 e. The quantitative estimate of drug-likeness (QED) is 0.812. The van der Waals surface area contributed by atoms with E-state index in [4.69, 9.17) is 9.26 Å². The molecule has 0 unspecified atom stereocenters. The van der Waals surface area contributed by atoms with Gasteiger partial charge in [0.2, 0.25) is 5.91 Å². The monoisotopic (exact) mass is 329 g/mol. The Morgan fingerprint density at radius 3 is 2.62 bits per heavy atom. The van der Waals surface area contributed by atoms with Gasteiger partial charge in [-0.3, -0.25) is 9.69 Å². The Labute approximate surface area is 142 Å². The van der Waals surface area contributed by atoms with Crippen LogP contribution in [-0.4, -0.2) is 53.6 Å². The van der Waals surface area contributed by atoms with Gasteiger partial charge in [0.1, 0.15) is 11.5 Å². The maximum Gasteiger partial charge on any atom is 0.226 e. The summed E-state index contributed by atoms with van der Waals surface area (Å²) in [6, 6.07) is 11.5. The predicted molar refractivity (Wildman–Crippen MR) is 89.7 cm³/mol. The molecular formula is C18H23N3O3. The largest absolute Gasteiger partial charge is 0.493 e. The maximum atomic E-state index is 12.3. The molecule has 0 saturated carbocycles. The average Bonchev–Trinajstić information content (AvgIpc) is 3.01. The molecule has 0 bridgehead atoms. The third-order valence-electron chi connectivity index (χ3n) is 4.12. The summed E-state index contributed by atoms with van der Waals surface area (Å²) in [7, 11) is 0. The molecule has 1 saturated heterocycles. The molecule has 24 heavy (non-hydrogen) atoms. The fourth-order valence-corrected chi connectivity index (χ4v) is 2.81. The van der Waals surface area contributed by atoms with Gasteiger partial charge >= 0.3 is 0 Å². The Bertz CT molecular complexity index is 649. The number of carbonyl (C=O) groups is 1. The summed E-state index contributed by atoms with van der Waals surface area (Å²) in [6.45, 7) is 6.30. The zero-order valence-corrected chi connectivity index (χ0v) is 14.0. The van der Waals surface area contributed by atoms with Crippen LogP contribution in [0.1, 0.15) is 17.9 Å². The molecule has 0 radical (unpaired) electrons. The van der Waals surface area contributed by atoms with Crippen molar-refractivity contribution in [3.05, 3.63) is 47.9 Å². The van der Waals surface area contributed by atoms with Gasteiger partial charge in [0.05, 0.1) is 18.7 Å². The minimum absolute atomic E-state index is 0.155. The van der Waals surface area contributed by atoms with Crippen molar-refractivity contribution in [1.29, 1.82) is 0 Å². The van der Waals surface area contributed by atoms with Gasteiger partial charge in [-0.15, -0.1) is 0 Å². The van der Waals surface area contributed by atoms with Crippen LogP contribution in [0.2, 0.25) is 0 Å². The van der Waals surface area contributed by atoms with E-state index in [1.807, 2.05) is 48.2 Å². The summed E-state index contributed by atoms with van der Waals surface area (Å²) >= 11 is 0. The molecule has 2 aromatic rings. The van der Waals surface area contributed by atoms with Gasteiger partial charge in [-0.1, -0.05) is 23.4 Å². The van der Waals surface area contributed by atoms with Crippen molar-refractivity contribution < 1.29 is 14.1 Å². The molecule has 0 aliphatic carbocycles. The van der Waals surface area contributed by atoms with Crippen LogP contribution in [0.5, 0.6) is 5.75 Å². The first-order valence-electron chi connectivity index (χ1n) is 8.31. The first-order valence-corrected chi connectivity index (χ1v) is 8.31. The van der Waals surface area contributed by atoms with E-state index >= 15 is 0 Å². The van der Waals surface area contributed by atoms with E-state index in [1.165, 1.54) is 0 Å². The summed E-state index contributed by atoms with van der Waals surface area (Å²) in [6.07, 6.45) is 0.414. The molecule has 3 rings (SSSR count). The van der Waals surface area contributed by atoms with Gasteiger partial charge in [-0.2, -0.15) is 0 Å². The number of ether oxygens (including phenoxy) is 1. The van der Waals surface area contributed by atoms with E-state index < -0.39 is 0 Å². The van der Waals surface area contributed by atoms with Crippen LogP contribution >= 0.6 is 0 Å². The zero-order valence-electron chi connectivity index (χ0n) is 14.0. The minimum Gasteiger partial charge on any atom is -0.493 e. The molecule has 1 aliphatic rings. The van der Waals surface area contributed by atoms with Crippen LogP contribution in [0, 0.1) is 6.92 Å². The van der Waals surface area contributed by atoms with Crippen molar-refractivity contribution in [3.63, 3.8) is 0 Å². The second kappa shape index (κ2) is 7.97. The number of para-hydroxylation sites is 1. The van der Waals surface area contributed by atoms with Crippen molar-refractivity contribution >= 4 is 5.91 Å². The second-order valence-electron chi connectivity index (χ2n) is 6.00. The highest BCUT2D eigenvalue weighted by atomic mass is 16.5. The average molecular weight is 329 g/mol. The summed E-state index contributed by atoms with van der Waals surface area (Å²) < 4.78 is 10.7. The number of carbonyl (C=O) groups excluding carboxylic acids is 1. The van der Waals surface area contributed by atoms with Crippen molar-refractivity contribution in [2.45, 2.75) is 19.9 Å². The number of nitrogens with zero attached hydrogens (tertiary/aromatic N) is 3. The molecule has 2 heterocycles. The molecule has 128 valence electrons. The Balaban J connectivity index is 1.37. The van der Waals surface area contributed by atoms with E-state index in [-0.39, 0.29) is 5.91 Å². The van der Waals surface area contributed by atoms with Gasteiger partial charge in [-0.05, 0) is 19.1 Å². The van der Waals surface area contributed by atoms with E-state index in [0.717, 1.165) is 49.9 Å². The molecule has 1 aliphatic heterocycles. The van der Waals surface area contributed by atoms with Gasteiger partial charge in [-0.25, -0.2) is 0 Å². The fraction of sp³-hybridized carbons (Fsp3) is 0.444. The lowest BCUT2D eigenvalue weighted by molar-refractivity contribution is -0.133. The second-order valence-corrected chi connectivity index (χ2v) is 6.00. The molecule has 1 aromatic heterocycles.